The van der Waals surface area contributed by atoms with Gasteiger partial charge in [-0.25, -0.2) is 0 Å². The van der Waals surface area contributed by atoms with Crippen LogP contribution in [0, 0.1) is 0 Å². The summed E-state index contributed by atoms with van der Waals surface area (Å²) in [5.74, 6) is -1.19. The number of rotatable bonds is 2. The Morgan fingerprint density at radius 1 is 1.41 bits per heavy atom. The number of carbonyl (C=O) groups is 3. The van der Waals surface area contributed by atoms with Crippen LogP contribution in [-0.4, -0.2) is 27.5 Å². The molecule has 0 spiro atoms. The van der Waals surface area contributed by atoms with E-state index in [1.54, 1.807) is 17.8 Å². The van der Waals surface area contributed by atoms with Crippen LogP contribution < -0.4 is 10.6 Å². The number of anilines is 1. The number of imide groups is 1. The minimum atomic E-state index is -0.450. The molecule has 7 nitrogen and oxygen atoms in total. The Morgan fingerprint density at radius 2 is 2.18 bits per heavy atom. The van der Waals surface area contributed by atoms with Gasteiger partial charge < -0.3 is 5.32 Å². The Bertz CT molecular complexity index is 793. The van der Waals surface area contributed by atoms with Gasteiger partial charge in [0.25, 0.3) is 0 Å². The summed E-state index contributed by atoms with van der Waals surface area (Å²) in [7, 11) is 1.77. The van der Waals surface area contributed by atoms with E-state index in [9.17, 15) is 14.4 Å². The number of hydrogen-bond donors (Lipinski definition) is 2. The van der Waals surface area contributed by atoms with Gasteiger partial charge in [-0.1, -0.05) is 12.1 Å². The Labute approximate surface area is 126 Å². The second kappa shape index (κ2) is 5.25. The molecule has 3 rings (SSSR count). The number of nitrogens with one attached hydrogen (secondary N) is 2. The molecule has 2 aromatic rings. The van der Waals surface area contributed by atoms with E-state index in [2.05, 4.69) is 15.7 Å². The lowest BCUT2D eigenvalue weighted by molar-refractivity contribution is -0.134. The number of amides is 3. The van der Waals surface area contributed by atoms with Crippen molar-refractivity contribution in [2.24, 2.45) is 7.05 Å². The van der Waals surface area contributed by atoms with Crippen molar-refractivity contribution in [2.75, 3.05) is 5.32 Å². The van der Waals surface area contributed by atoms with Crippen molar-refractivity contribution in [3.63, 3.8) is 0 Å². The van der Waals surface area contributed by atoms with E-state index in [4.69, 9.17) is 0 Å². The number of aromatic nitrogens is 2. The summed E-state index contributed by atoms with van der Waals surface area (Å²) in [6.07, 6.45) is 0.751. The van der Waals surface area contributed by atoms with Crippen molar-refractivity contribution in [2.45, 2.75) is 25.7 Å². The lowest BCUT2D eigenvalue weighted by Gasteiger charge is -2.19. The van der Waals surface area contributed by atoms with Crippen LogP contribution in [0.3, 0.4) is 0 Å². The van der Waals surface area contributed by atoms with Gasteiger partial charge in [-0.05, 0) is 12.5 Å². The topological polar surface area (TPSA) is 93.1 Å². The number of nitrogens with zero attached hydrogens (tertiary/aromatic N) is 2. The van der Waals surface area contributed by atoms with Crippen LogP contribution in [0.25, 0.3) is 10.9 Å². The number of piperidine rings is 1. The van der Waals surface area contributed by atoms with Crippen molar-refractivity contribution in [1.29, 1.82) is 0 Å². The number of para-hydroxylation sites is 1. The highest BCUT2D eigenvalue weighted by Crippen LogP contribution is 2.33. The molecule has 2 heterocycles. The third-order valence-electron chi connectivity index (χ3n) is 3.77. The van der Waals surface area contributed by atoms with Gasteiger partial charge in [-0.15, -0.1) is 0 Å². The fraction of sp³-hybridized carbons (Fsp3) is 0.333. The van der Waals surface area contributed by atoms with Crippen LogP contribution in [0.1, 0.15) is 31.4 Å². The molecule has 0 radical (unpaired) electrons. The second-order valence-corrected chi connectivity index (χ2v) is 5.40. The fourth-order valence-electron chi connectivity index (χ4n) is 2.87. The maximum atomic E-state index is 12.1. The van der Waals surface area contributed by atoms with Crippen molar-refractivity contribution in [3.8, 4) is 0 Å². The summed E-state index contributed by atoms with van der Waals surface area (Å²) in [6, 6.07) is 5.47. The van der Waals surface area contributed by atoms with E-state index in [1.807, 2.05) is 12.1 Å². The molecule has 1 saturated heterocycles. The third-order valence-corrected chi connectivity index (χ3v) is 3.77. The smallest absolute Gasteiger partial charge is 0.235 e. The maximum Gasteiger partial charge on any atom is 0.235 e. The zero-order valence-corrected chi connectivity index (χ0v) is 12.3. The first-order valence-corrected chi connectivity index (χ1v) is 7.04. The number of hydrogen-bond acceptors (Lipinski definition) is 4. The molecule has 7 heteroatoms. The first-order chi connectivity index (χ1) is 10.5. The second-order valence-electron chi connectivity index (χ2n) is 5.40. The number of aryl methyl sites for hydroxylation is 1. The van der Waals surface area contributed by atoms with Crippen molar-refractivity contribution in [1.82, 2.24) is 15.1 Å². The minimum Gasteiger partial charge on any atom is -0.324 e. The quantitative estimate of drug-likeness (QED) is 0.811. The summed E-state index contributed by atoms with van der Waals surface area (Å²) < 4.78 is 1.65. The highest BCUT2D eigenvalue weighted by molar-refractivity contribution is 6.05. The predicted molar refractivity (Wildman–Crippen MR) is 80.1 cm³/mol. The highest BCUT2D eigenvalue weighted by Gasteiger charge is 2.31. The molecule has 1 unspecified atom stereocenters. The Balaban J connectivity index is 2.10. The molecule has 1 aliphatic heterocycles. The molecule has 114 valence electrons. The zero-order chi connectivity index (χ0) is 15.9. The molecular formula is C15H16N4O3. The van der Waals surface area contributed by atoms with Gasteiger partial charge in [0.15, 0.2) is 0 Å². The van der Waals surface area contributed by atoms with E-state index in [-0.39, 0.29) is 17.7 Å². The van der Waals surface area contributed by atoms with E-state index >= 15 is 0 Å². The van der Waals surface area contributed by atoms with Gasteiger partial charge in [0.05, 0.1) is 22.8 Å². The lowest BCUT2D eigenvalue weighted by atomic mass is 9.92. The summed E-state index contributed by atoms with van der Waals surface area (Å²) in [5.41, 5.74) is 2.05. The van der Waals surface area contributed by atoms with Crippen molar-refractivity contribution >= 4 is 34.3 Å². The van der Waals surface area contributed by atoms with Gasteiger partial charge in [0.1, 0.15) is 0 Å². The van der Waals surface area contributed by atoms with Gasteiger partial charge in [-0.2, -0.15) is 5.10 Å². The van der Waals surface area contributed by atoms with Crippen molar-refractivity contribution < 1.29 is 14.4 Å². The SMILES string of the molecule is CC(=O)Nc1cccc2c(C3CCC(=O)NC3=O)nn(C)c12. The largest absolute Gasteiger partial charge is 0.324 e. The Morgan fingerprint density at radius 3 is 2.86 bits per heavy atom. The van der Waals surface area contributed by atoms with E-state index in [0.717, 1.165) is 10.9 Å². The molecule has 3 amide bonds. The van der Waals surface area contributed by atoms with Crippen LogP contribution in [-0.2, 0) is 21.4 Å². The van der Waals surface area contributed by atoms with Crippen LogP contribution in [0.2, 0.25) is 0 Å². The van der Waals surface area contributed by atoms with Gasteiger partial charge in [-0.3, -0.25) is 24.4 Å². The molecule has 2 N–H and O–H groups in total. The molecule has 1 aromatic carbocycles. The van der Waals surface area contributed by atoms with Crippen molar-refractivity contribution in [3.05, 3.63) is 23.9 Å². The predicted octanol–water partition coefficient (Wildman–Crippen LogP) is 1.05. The Hall–Kier alpha value is -2.70. The molecule has 1 aromatic heterocycles. The molecular weight excluding hydrogens is 284 g/mol. The maximum absolute atomic E-state index is 12.1. The molecule has 1 aliphatic rings. The van der Waals surface area contributed by atoms with E-state index in [0.29, 0.717) is 24.2 Å². The summed E-state index contributed by atoms with van der Waals surface area (Å²) >= 11 is 0. The minimum absolute atomic E-state index is 0.170. The molecule has 22 heavy (non-hydrogen) atoms. The number of fused-ring (bicyclic) bond motifs is 1. The highest BCUT2D eigenvalue weighted by atomic mass is 16.2. The van der Waals surface area contributed by atoms with E-state index in [1.165, 1.54) is 6.92 Å². The molecule has 0 aliphatic carbocycles. The van der Waals surface area contributed by atoms with Crippen LogP contribution in [0.5, 0.6) is 0 Å². The third kappa shape index (κ3) is 2.34. The van der Waals surface area contributed by atoms with Gasteiger partial charge >= 0.3 is 0 Å². The number of carbonyl (C=O) groups excluding carboxylic acids is 3. The standard InChI is InChI=1S/C15H16N4O3/c1-8(20)16-11-5-3-4-9-13(18-19(2)14(9)11)10-6-7-12(21)17-15(10)22/h3-5,10H,6-7H2,1-2H3,(H,16,20)(H,17,21,22). The molecule has 1 fully saturated rings. The lowest BCUT2D eigenvalue weighted by Crippen LogP contribution is -2.39. The Kier molecular flexibility index (Phi) is 3.40. The molecule has 0 saturated carbocycles. The molecule has 1 atom stereocenters. The number of benzene rings is 1. The zero-order valence-electron chi connectivity index (χ0n) is 12.3. The van der Waals surface area contributed by atoms with Gasteiger partial charge in [0, 0.05) is 25.8 Å². The summed E-state index contributed by atoms with van der Waals surface area (Å²) in [4.78, 5) is 34.7. The average molecular weight is 300 g/mol. The van der Waals surface area contributed by atoms with Crippen LogP contribution in [0.15, 0.2) is 18.2 Å². The first kappa shape index (κ1) is 14.2. The fourth-order valence-corrected chi connectivity index (χ4v) is 2.87. The monoisotopic (exact) mass is 300 g/mol. The first-order valence-electron chi connectivity index (χ1n) is 7.04. The van der Waals surface area contributed by atoms with Gasteiger partial charge in [0.2, 0.25) is 17.7 Å². The van der Waals surface area contributed by atoms with Crippen LogP contribution >= 0.6 is 0 Å². The summed E-state index contributed by atoms with van der Waals surface area (Å²) in [6.45, 7) is 1.44. The summed E-state index contributed by atoms with van der Waals surface area (Å²) in [5, 5.41) is 10.4. The molecule has 0 bridgehead atoms. The van der Waals surface area contributed by atoms with Crippen LogP contribution in [0.4, 0.5) is 5.69 Å². The van der Waals surface area contributed by atoms with E-state index < -0.39 is 5.92 Å². The average Bonchev–Trinajstić information content (AvgIpc) is 2.76. The normalized spacial score (nSPS) is 18.4.